The van der Waals surface area contributed by atoms with Crippen LogP contribution in [0.25, 0.3) is 0 Å². The Hall–Kier alpha value is -2.36. The smallest absolute Gasteiger partial charge is 0.247 e. The average Bonchev–Trinajstić information content (AvgIpc) is 2.75. The number of aryl methyl sites for hydroxylation is 1. The number of hydrogen-bond acceptors (Lipinski definition) is 5. The van der Waals surface area contributed by atoms with Gasteiger partial charge >= 0.3 is 0 Å². The molecule has 0 aromatic heterocycles. The number of nitrogens with zero attached hydrogens (tertiary/aromatic N) is 2. The molecule has 7 nitrogen and oxygen atoms in total. The summed E-state index contributed by atoms with van der Waals surface area (Å²) in [6, 6.07) is 15.6. The van der Waals surface area contributed by atoms with Crippen LogP contribution in [0.4, 0.5) is 0 Å². The lowest BCUT2D eigenvalue weighted by Crippen LogP contribution is -2.69. The lowest BCUT2D eigenvalue weighted by Gasteiger charge is -2.46. The van der Waals surface area contributed by atoms with E-state index in [0.29, 0.717) is 0 Å². The zero-order valence-electron chi connectivity index (χ0n) is 18.8. The highest BCUT2D eigenvalue weighted by Gasteiger charge is 2.49. The van der Waals surface area contributed by atoms with E-state index in [9.17, 15) is 18.0 Å². The van der Waals surface area contributed by atoms with E-state index in [1.807, 2.05) is 61.7 Å². The monoisotopic (exact) mass is 475 g/mol. The maximum absolute atomic E-state index is 13.3. The van der Waals surface area contributed by atoms with E-state index in [4.69, 9.17) is 0 Å². The molecule has 1 fully saturated rings. The normalized spacial score (nSPS) is 19.8. The number of sulfonamides is 1. The first kappa shape index (κ1) is 24.3. The van der Waals surface area contributed by atoms with Gasteiger partial charge < -0.3 is 10.2 Å². The van der Waals surface area contributed by atoms with Gasteiger partial charge in [-0.25, -0.2) is 8.42 Å². The summed E-state index contributed by atoms with van der Waals surface area (Å²) in [5, 5.41) is 2.90. The van der Waals surface area contributed by atoms with Gasteiger partial charge in [0.25, 0.3) is 0 Å². The Balaban J connectivity index is 1.86. The zero-order valence-corrected chi connectivity index (χ0v) is 20.4. The van der Waals surface area contributed by atoms with Gasteiger partial charge in [0.15, 0.2) is 0 Å². The Bertz CT molecular complexity index is 1090. The molecule has 2 amide bonds. The van der Waals surface area contributed by atoms with Crippen LogP contribution in [0.15, 0.2) is 53.4 Å². The second-order valence-electron chi connectivity index (χ2n) is 8.30. The molecule has 1 aliphatic rings. The molecular formula is C23H29N3O4S2. The summed E-state index contributed by atoms with van der Waals surface area (Å²) in [6.45, 7) is 3.75. The Kier molecular flexibility index (Phi) is 7.32. The highest BCUT2D eigenvalue weighted by molar-refractivity contribution is 7.98. The number of nitrogens with one attached hydrogen (secondary N) is 1. The van der Waals surface area contributed by atoms with Gasteiger partial charge in [0.2, 0.25) is 21.8 Å². The molecule has 9 heteroatoms. The minimum absolute atomic E-state index is 0.0970. The molecule has 1 aliphatic heterocycles. The highest BCUT2D eigenvalue weighted by Crippen LogP contribution is 2.27. The molecule has 0 spiro atoms. The maximum atomic E-state index is 13.3. The predicted octanol–water partition coefficient (Wildman–Crippen LogP) is 2.40. The third-order valence-electron chi connectivity index (χ3n) is 5.72. The van der Waals surface area contributed by atoms with Crippen LogP contribution in [0.3, 0.4) is 0 Å². The van der Waals surface area contributed by atoms with Crippen molar-refractivity contribution < 1.29 is 18.0 Å². The summed E-state index contributed by atoms with van der Waals surface area (Å²) in [4.78, 5) is 29.0. The topological polar surface area (TPSA) is 86.8 Å². The van der Waals surface area contributed by atoms with Crippen molar-refractivity contribution in [2.75, 3.05) is 25.6 Å². The number of rotatable bonds is 7. The second-order valence-corrected chi connectivity index (χ2v) is 11.2. The van der Waals surface area contributed by atoms with Gasteiger partial charge in [-0.2, -0.15) is 4.31 Å². The quantitative estimate of drug-likeness (QED) is 0.622. The van der Waals surface area contributed by atoms with Crippen molar-refractivity contribution in [2.24, 2.45) is 0 Å². The number of piperazine rings is 1. The molecule has 172 valence electrons. The minimum Gasteiger partial charge on any atom is -0.350 e. The summed E-state index contributed by atoms with van der Waals surface area (Å²) < 4.78 is 25.5. The van der Waals surface area contributed by atoms with E-state index in [1.54, 1.807) is 18.7 Å². The van der Waals surface area contributed by atoms with E-state index in [-0.39, 0.29) is 32.1 Å². The molecule has 0 radical (unpaired) electrons. The molecule has 1 N–H and O–H groups in total. The number of carbonyl (C=O) groups is 2. The molecule has 0 bridgehead atoms. The Morgan fingerprint density at radius 3 is 2.25 bits per heavy atom. The van der Waals surface area contributed by atoms with Gasteiger partial charge in [0.1, 0.15) is 5.54 Å². The largest absolute Gasteiger partial charge is 0.350 e. The molecule has 2 aromatic rings. The molecule has 0 aliphatic carbocycles. The first-order valence-corrected chi connectivity index (χ1v) is 13.3. The van der Waals surface area contributed by atoms with Gasteiger partial charge in [-0.1, -0.05) is 42.0 Å². The fraction of sp³-hybridized carbons (Fsp3) is 0.391. The van der Waals surface area contributed by atoms with Crippen molar-refractivity contribution in [3.8, 4) is 0 Å². The molecule has 32 heavy (non-hydrogen) atoms. The van der Waals surface area contributed by atoms with Gasteiger partial charge in [-0.3, -0.25) is 9.59 Å². The van der Waals surface area contributed by atoms with Crippen LogP contribution in [-0.4, -0.2) is 60.6 Å². The summed E-state index contributed by atoms with van der Waals surface area (Å²) in [7, 11) is -3.64. The zero-order chi connectivity index (χ0) is 23.5. The first-order valence-electron chi connectivity index (χ1n) is 10.3. The van der Waals surface area contributed by atoms with Gasteiger partial charge in [0, 0.05) is 24.5 Å². The number of benzene rings is 2. The van der Waals surface area contributed by atoms with Crippen LogP contribution in [0.2, 0.25) is 0 Å². The van der Waals surface area contributed by atoms with E-state index in [2.05, 4.69) is 5.32 Å². The standard InChI is InChI=1S/C23H29N3O4S2/c1-17-5-7-18(8-6-17)13-24-22(28)23(2)16-25(32(4,29)30)15-21(27)26(23)14-19-9-11-20(31-3)12-10-19/h5-12H,13-16H2,1-4H3,(H,24,28)/t23-/m1/s1. The van der Waals surface area contributed by atoms with Crippen molar-refractivity contribution >= 4 is 33.6 Å². The fourth-order valence-electron chi connectivity index (χ4n) is 3.68. The predicted molar refractivity (Wildman–Crippen MR) is 127 cm³/mol. The third-order valence-corrected chi connectivity index (χ3v) is 7.66. The van der Waals surface area contributed by atoms with Crippen molar-refractivity contribution in [1.82, 2.24) is 14.5 Å². The van der Waals surface area contributed by atoms with Gasteiger partial charge in [-0.05, 0) is 43.4 Å². The van der Waals surface area contributed by atoms with Crippen molar-refractivity contribution in [3.05, 3.63) is 65.2 Å². The molecular weight excluding hydrogens is 446 g/mol. The third kappa shape index (κ3) is 5.51. The van der Waals surface area contributed by atoms with Crippen LogP contribution in [0.5, 0.6) is 0 Å². The Morgan fingerprint density at radius 1 is 1.09 bits per heavy atom. The lowest BCUT2D eigenvalue weighted by atomic mass is 9.94. The number of hydrogen-bond donors (Lipinski definition) is 1. The van der Waals surface area contributed by atoms with E-state index in [0.717, 1.165) is 32.1 Å². The SMILES string of the molecule is CSc1ccc(CN2C(=O)CN(S(C)(=O)=O)C[C@]2(C)C(=O)NCc2ccc(C)cc2)cc1. The lowest BCUT2D eigenvalue weighted by molar-refractivity contribution is -0.153. The van der Waals surface area contributed by atoms with Gasteiger partial charge in [-0.15, -0.1) is 11.8 Å². The van der Waals surface area contributed by atoms with Crippen molar-refractivity contribution in [2.45, 2.75) is 37.4 Å². The first-order chi connectivity index (χ1) is 15.0. The molecule has 1 saturated heterocycles. The Labute approximate surface area is 194 Å². The van der Waals surface area contributed by atoms with E-state index in [1.165, 1.54) is 4.90 Å². The molecule has 0 saturated carbocycles. The minimum atomic E-state index is -3.64. The Morgan fingerprint density at radius 2 is 1.69 bits per heavy atom. The number of carbonyl (C=O) groups excluding carboxylic acids is 2. The summed E-state index contributed by atoms with van der Waals surface area (Å²) in [5.41, 5.74) is 1.57. The molecule has 1 atom stereocenters. The van der Waals surface area contributed by atoms with E-state index < -0.39 is 21.5 Å². The maximum Gasteiger partial charge on any atom is 0.247 e. The van der Waals surface area contributed by atoms with Crippen LogP contribution >= 0.6 is 11.8 Å². The van der Waals surface area contributed by atoms with Crippen LogP contribution < -0.4 is 5.32 Å². The average molecular weight is 476 g/mol. The van der Waals surface area contributed by atoms with Crippen LogP contribution in [0.1, 0.15) is 23.6 Å². The fourth-order valence-corrected chi connectivity index (χ4v) is 4.92. The summed E-state index contributed by atoms with van der Waals surface area (Å²) in [5.74, 6) is -0.788. The molecule has 2 aromatic carbocycles. The van der Waals surface area contributed by atoms with Crippen molar-refractivity contribution in [3.63, 3.8) is 0 Å². The number of amides is 2. The summed E-state index contributed by atoms with van der Waals surface area (Å²) in [6.07, 6.45) is 3.04. The highest BCUT2D eigenvalue weighted by atomic mass is 32.2. The molecule has 0 unspecified atom stereocenters. The van der Waals surface area contributed by atoms with Crippen molar-refractivity contribution in [1.29, 1.82) is 0 Å². The molecule has 3 rings (SSSR count). The summed E-state index contributed by atoms with van der Waals surface area (Å²) >= 11 is 1.62. The van der Waals surface area contributed by atoms with Gasteiger partial charge in [0.05, 0.1) is 12.8 Å². The number of thioether (sulfide) groups is 1. The van der Waals surface area contributed by atoms with Crippen LogP contribution in [0, 0.1) is 6.92 Å². The van der Waals surface area contributed by atoms with Crippen LogP contribution in [-0.2, 0) is 32.7 Å². The second kappa shape index (κ2) is 9.64. The van der Waals surface area contributed by atoms with E-state index >= 15 is 0 Å². The molecule has 1 heterocycles.